The van der Waals surface area contributed by atoms with E-state index in [0.717, 1.165) is 5.70 Å². The van der Waals surface area contributed by atoms with Gasteiger partial charge in [0.2, 0.25) is 0 Å². The van der Waals surface area contributed by atoms with Crippen molar-refractivity contribution in [2.75, 3.05) is 6.54 Å². The van der Waals surface area contributed by atoms with Crippen molar-refractivity contribution >= 4 is 11.7 Å². The Labute approximate surface area is 77.7 Å². The zero-order valence-corrected chi connectivity index (χ0v) is 7.91. The first-order valence-corrected chi connectivity index (χ1v) is 4.30. The molecule has 1 rings (SSSR count). The van der Waals surface area contributed by atoms with Crippen molar-refractivity contribution in [2.45, 2.75) is 20.3 Å². The van der Waals surface area contributed by atoms with E-state index >= 15 is 0 Å². The zero-order valence-electron chi connectivity index (χ0n) is 7.91. The van der Waals surface area contributed by atoms with Gasteiger partial charge in [-0.05, 0) is 19.9 Å². The molecule has 0 bridgehead atoms. The average molecular weight is 179 g/mol. The summed E-state index contributed by atoms with van der Waals surface area (Å²) in [6.07, 6.45) is 5.57. The van der Waals surface area contributed by atoms with E-state index in [9.17, 15) is 9.59 Å². The smallest absolute Gasteiger partial charge is 0.251 e. The Bertz CT molecular complexity index is 289. The Hall–Kier alpha value is -1.38. The molecule has 0 N–H and O–H groups in total. The van der Waals surface area contributed by atoms with Crippen molar-refractivity contribution in [2.24, 2.45) is 0 Å². The van der Waals surface area contributed by atoms with Crippen LogP contribution in [0.25, 0.3) is 0 Å². The van der Waals surface area contributed by atoms with Crippen LogP contribution < -0.4 is 0 Å². The molecular weight excluding hydrogens is 166 g/mol. The van der Waals surface area contributed by atoms with Crippen LogP contribution in [0.4, 0.5) is 0 Å². The van der Waals surface area contributed by atoms with Crippen molar-refractivity contribution in [3.8, 4) is 0 Å². The molecule has 0 unspecified atom stereocenters. The van der Waals surface area contributed by atoms with Gasteiger partial charge in [-0.1, -0.05) is 6.08 Å². The molecule has 0 aromatic carbocycles. The minimum absolute atomic E-state index is 0.0330. The number of hydrogen-bond acceptors (Lipinski definition) is 2. The number of hydrogen-bond donors (Lipinski definition) is 0. The average Bonchev–Trinajstić information content (AvgIpc) is 2.43. The van der Waals surface area contributed by atoms with Gasteiger partial charge >= 0.3 is 0 Å². The molecule has 0 aliphatic carbocycles. The highest BCUT2D eigenvalue weighted by atomic mass is 16.2. The second-order valence-electron chi connectivity index (χ2n) is 2.99. The van der Waals surface area contributed by atoms with Crippen molar-refractivity contribution in [1.82, 2.24) is 4.90 Å². The highest BCUT2D eigenvalue weighted by molar-refractivity contribution is 5.93. The number of nitrogens with zero attached hydrogens (tertiary/aromatic N) is 1. The van der Waals surface area contributed by atoms with Gasteiger partial charge in [0.1, 0.15) is 5.78 Å². The summed E-state index contributed by atoms with van der Waals surface area (Å²) in [6, 6.07) is 0. The van der Waals surface area contributed by atoms with E-state index in [-0.39, 0.29) is 11.7 Å². The molecule has 70 valence electrons. The van der Waals surface area contributed by atoms with Gasteiger partial charge in [0, 0.05) is 24.7 Å². The molecule has 1 aliphatic rings. The minimum atomic E-state index is -0.0330. The predicted octanol–water partition coefficient (Wildman–Crippen LogP) is 1.27. The maximum absolute atomic E-state index is 11.2. The van der Waals surface area contributed by atoms with Crippen LogP contribution in [0.3, 0.4) is 0 Å². The summed E-state index contributed by atoms with van der Waals surface area (Å²) >= 11 is 0. The zero-order chi connectivity index (χ0) is 9.84. The number of carbonyl (C=O) groups excluding carboxylic acids is 2. The van der Waals surface area contributed by atoms with Crippen LogP contribution in [0, 0.1) is 0 Å². The summed E-state index contributed by atoms with van der Waals surface area (Å²) in [6.45, 7) is 3.89. The Balaban J connectivity index is 2.59. The lowest BCUT2D eigenvalue weighted by molar-refractivity contribution is -0.124. The minimum Gasteiger partial charge on any atom is -0.309 e. The molecule has 0 aromatic rings. The summed E-state index contributed by atoms with van der Waals surface area (Å²) in [5, 5.41) is 0. The van der Waals surface area contributed by atoms with Crippen LogP contribution in [0.15, 0.2) is 23.9 Å². The predicted molar refractivity (Wildman–Crippen MR) is 49.9 cm³/mol. The number of allylic oxidation sites excluding steroid dienone is 2. The first-order valence-electron chi connectivity index (χ1n) is 4.30. The summed E-state index contributed by atoms with van der Waals surface area (Å²) in [5.74, 6) is 0.0736. The second kappa shape index (κ2) is 4.03. The first-order chi connectivity index (χ1) is 6.15. The van der Waals surface area contributed by atoms with E-state index in [1.54, 1.807) is 11.0 Å². The standard InChI is InChI=1S/C10H13NO2/c1-3-9-4-5-10(13)11(9)7-6-8(2)12/h3-5H,6-7H2,1-2H3/b9-3-. The SMILES string of the molecule is C/C=C1/C=CC(=O)N1CCC(C)=O. The van der Waals surface area contributed by atoms with Crippen LogP contribution in [0.5, 0.6) is 0 Å². The Morgan fingerprint density at radius 2 is 2.23 bits per heavy atom. The molecule has 3 heteroatoms. The van der Waals surface area contributed by atoms with Gasteiger partial charge in [-0.3, -0.25) is 9.59 Å². The fraction of sp³-hybridized carbons (Fsp3) is 0.400. The van der Waals surface area contributed by atoms with Crippen molar-refractivity contribution < 1.29 is 9.59 Å². The van der Waals surface area contributed by atoms with Crippen LogP contribution in [-0.4, -0.2) is 23.1 Å². The molecule has 0 spiro atoms. The first kappa shape index (κ1) is 9.71. The molecule has 0 radical (unpaired) electrons. The third-order valence-corrected chi connectivity index (χ3v) is 1.96. The molecule has 1 heterocycles. The fourth-order valence-corrected chi connectivity index (χ4v) is 1.22. The van der Waals surface area contributed by atoms with E-state index in [1.807, 2.05) is 13.0 Å². The van der Waals surface area contributed by atoms with Gasteiger partial charge in [-0.25, -0.2) is 0 Å². The molecule has 0 saturated carbocycles. The molecule has 13 heavy (non-hydrogen) atoms. The molecule has 0 aromatic heterocycles. The van der Waals surface area contributed by atoms with E-state index in [0.29, 0.717) is 13.0 Å². The van der Waals surface area contributed by atoms with Gasteiger partial charge < -0.3 is 4.90 Å². The fourth-order valence-electron chi connectivity index (χ4n) is 1.22. The quantitative estimate of drug-likeness (QED) is 0.654. The van der Waals surface area contributed by atoms with Crippen LogP contribution in [-0.2, 0) is 9.59 Å². The van der Waals surface area contributed by atoms with Gasteiger partial charge in [-0.15, -0.1) is 0 Å². The van der Waals surface area contributed by atoms with Crippen molar-refractivity contribution in [1.29, 1.82) is 0 Å². The molecule has 1 aliphatic heterocycles. The lowest BCUT2D eigenvalue weighted by atomic mass is 10.3. The monoisotopic (exact) mass is 179 g/mol. The summed E-state index contributed by atoms with van der Waals surface area (Å²) < 4.78 is 0. The maximum atomic E-state index is 11.2. The van der Waals surface area contributed by atoms with Crippen LogP contribution >= 0.6 is 0 Å². The normalized spacial score (nSPS) is 18.8. The number of amides is 1. The van der Waals surface area contributed by atoms with E-state index in [2.05, 4.69) is 0 Å². The topological polar surface area (TPSA) is 37.4 Å². The molecule has 3 nitrogen and oxygen atoms in total. The second-order valence-corrected chi connectivity index (χ2v) is 2.99. The number of rotatable bonds is 3. The van der Waals surface area contributed by atoms with Crippen molar-refractivity contribution in [3.05, 3.63) is 23.9 Å². The molecular formula is C10H13NO2. The van der Waals surface area contributed by atoms with Gasteiger partial charge in [-0.2, -0.15) is 0 Å². The summed E-state index contributed by atoms with van der Waals surface area (Å²) in [5.41, 5.74) is 0.881. The summed E-state index contributed by atoms with van der Waals surface area (Å²) in [7, 11) is 0. The lowest BCUT2D eigenvalue weighted by Crippen LogP contribution is -2.26. The Kier molecular flexibility index (Phi) is 3.01. The Morgan fingerprint density at radius 3 is 2.77 bits per heavy atom. The maximum Gasteiger partial charge on any atom is 0.251 e. The van der Waals surface area contributed by atoms with Gasteiger partial charge in [0.25, 0.3) is 5.91 Å². The molecule has 1 amide bonds. The van der Waals surface area contributed by atoms with E-state index < -0.39 is 0 Å². The largest absolute Gasteiger partial charge is 0.309 e. The number of carbonyl (C=O) groups is 2. The molecule has 0 saturated heterocycles. The van der Waals surface area contributed by atoms with Gasteiger partial charge in [0.05, 0.1) is 0 Å². The Morgan fingerprint density at radius 1 is 1.54 bits per heavy atom. The highest BCUT2D eigenvalue weighted by Gasteiger charge is 2.18. The van der Waals surface area contributed by atoms with E-state index in [1.165, 1.54) is 13.0 Å². The van der Waals surface area contributed by atoms with Gasteiger partial charge in [0.15, 0.2) is 0 Å². The third kappa shape index (κ3) is 2.28. The molecule has 0 fully saturated rings. The third-order valence-electron chi connectivity index (χ3n) is 1.96. The molecule has 0 atom stereocenters. The number of Topliss-reactive ketones (excluding diaryl/α,β-unsaturated/α-hetero) is 1. The summed E-state index contributed by atoms with van der Waals surface area (Å²) in [4.78, 5) is 23.6. The number of ketones is 1. The highest BCUT2D eigenvalue weighted by Crippen LogP contribution is 2.14. The van der Waals surface area contributed by atoms with Crippen molar-refractivity contribution in [3.63, 3.8) is 0 Å². The van der Waals surface area contributed by atoms with Crippen LogP contribution in [0.1, 0.15) is 20.3 Å². The lowest BCUT2D eigenvalue weighted by Gasteiger charge is -2.16. The van der Waals surface area contributed by atoms with E-state index in [4.69, 9.17) is 0 Å². The van der Waals surface area contributed by atoms with Crippen LogP contribution in [0.2, 0.25) is 0 Å².